The van der Waals surface area contributed by atoms with Gasteiger partial charge in [0.25, 0.3) is 5.91 Å². The Morgan fingerprint density at radius 1 is 1.06 bits per heavy atom. The number of nitrogens with one attached hydrogen (secondary N) is 2. The first-order chi connectivity index (χ1) is 15.0. The van der Waals surface area contributed by atoms with E-state index < -0.39 is 5.92 Å². The second-order valence-electron chi connectivity index (χ2n) is 7.30. The van der Waals surface area contributed by atoms with Gasteiger partial charge in [-0.25, -0.2) is 4.39 Å². The number of carbonyl (C=O) groups is 2. The van der Waals surface area contributed by atoms with Crippen LogP contribution in [0.2, 0.25) is 0 Å². The van der Waals surface area contributed by atoms with Crippen LogP contribution < -0.4 is 15.4 Å². The minimum absolute atomic E-state index is 0.123. The van der Waals surface area contributed by atoms with Crippen molar-refractivity contribution >= 4 is 33.4 Å². The fraction of sp³-hybridized carbons (Fsp3) is 0.167. The van der Waals surface area contributed by atoms with Crippen LogP contribution in [-0.2, 0) is 17.8 Å². The Morgan fingerprint density at radius 2 is 1.84 bits per heavy atom. The lowest BCUT2D eigenvalue weighted by atomic mass is 9.95. The topological polar surface area (TPSA) is 67.4 Å². The summed E-state index contributed by atoms with van der Waals surface area (Å²) in [6, 6.07) is 18.8. The van der Waals surface area contributed by atoms with Crippen molar-refractivity contribution in [1.82, 2.24) is 5.32 Å². The highest BCUT2D eigenvalue weighted by atomic mass is 79.9. The zero-order valence-electron chi connectivity index (χ0n) is 16.5. The minimum atomic E-state index is -0.392. The maximum absolute atomic E-state index is 13.8. The van der Waals surface area contributed by atoms with E-state index in [1.807, 2.05) is 6.07 Å². The van der Waals surface area contributed by atoms with Gasteiger partial charge in [-0.05, 0) is 60.5 Å². The Hall–Kier alpha value is -3.19. The molecule has 3 aromatic carbocycles. The fourth-order valence-corrected chi connectivity index (χ4v) is 3.68. The predicted octanol–water partition coefficient (Wildman–Crippen LogP) is 4.71. The Kier molecular flexibility index (Phi) is 6.32. The van der Waals surface area contributed by atoms with Crippen molar-refractivity contribution in [3.8, 4) is 5.75 Å². The van der Waals surface area contributed by atoms with Gasteiger partial charge in [-0.1, -0.05) is 34.1 Å². The van der Waals surface area contributed by atoms with Crippen LogP contribution in [0, 0.1) is 11.7 Å². The molecule has 1 aliphatic heterocycles. The van der Waals surface area contributed by atoms with Gasteiger partial charge in [0.1, 0.15) is 18.2 Å². The monoisotopic (exact) mass is 482 g/mol. The van der Waals surface area contributed by atoms with Crippen molar-refractivity contribution in [2.45, 2.75) is 13.0 Å². The third-order valence-electron chi connectivity index (χ3n) is 5.11. The van der Waals surface area contributed by atoms with Gasteiger partial charge in [0.05, 0.1) is 5.92 Å². The average molecular weight is 483 g/mol. The van der Waals surface area contributed by atoms with Gasteiger partial charge in [-0.15, -0.1) is 0 Å². The van der Waals surface area contributed by atoms with E-state index in [1.165, 1.54) is 6.07 Å². The van der Waals surface area contributed by atoms with Crippen LogP contribution in [0.3, 0.4) is 0 Å². The molecule has 3 aromatic rings. The zero-order valence-corrected chi connectivity index (χ0v) is 18.1. The summed E-state index contributed by atoms with van der Waals surface area (Å²) in [4.78, 5) is 25.0. The Labute approximate surface area is 187 Å². The number of ether oxygens (including phenoxy) is 1. The third kappa shape index (κ3) is 5.11. The van der Waals surface area contributed by atoms with Gasteiger partial charge in [-0.2, -0.15) is 0 Å². The van der Waals surface area contributed by atoms with Gasteiger partial charge in [0.2, 0.25) is 5.91 Å². The molecule has 2 N–H and O–H groups in total. The normalized spacial score (nSPS) is 14.8. The predicted molar refractivity (Wildman–Crippen MR) is 119 cm³/mol. The summed E-state index contributed by atoms with van der Waals surface area (Å²) in [5.74, 6) is -0.461. The van der Waals surface area contributed by atoms with E-state index in [2.05, 4.69) is 26.6 Å². The molecule has 0 spiro atoms. The van der Waals surface area contributed by atoms with Gasteiger partial charge >= 0.3 is 0 Å². The summed E-state index contributed by atoms with van der Waals surface area (Å²) in [7, 11) is 0. The van der Waals surface area contributed by atoms with Crippen molar-refractivity contribution in [3.05, 3.63) is 93.7 Å². The molecule has 2 amide bonds. The van der Waals surface area contributed by atoms with E-state index in [0.717, 1.165) is 10.0 Å². The average Bonchev–Trinajstić information content (AvgIpc) is 2.78. The number of rotatable bonds is 5. The van der Waals surface area contributed by atoms with Gasteiger partial charge in [-0.3, -0.25) is 9.59 Å². The molecule has 0 radical (unpaired) electrons. The lowest BCUT2D eigenvalue weighted by Gasteiger charge is -2.25. The van der Waals surface area contributed by atoms with Crippen LogP contribution in [0.15, 0.2) is 71.2 Å². The van der Waals surface area contributed by atoms with Crippen molar-refractivity contribution in [1.29, 1.82) is 0 Å². The first kappa shape index (κ1) is 21.1. The quantitative estimate of drug-likeness (QED) is 0.553. The molecule has 4 rings (SSSR count). The van der Waals surface area contributed by atoms with Crippen LogP contribution in [0.5, 0.6) is 5.75 Å². The highest BCUT2D eigenvalue weighted by molar-refractivity contribution is 9.10. The summed E-state index contributed by atoms with van der Waals surface area (Å²) in [6.07, 6.45) is 0.473. The van der Waals surface area contributed by atoms with Gasteiger partial charge in [0, 0.05) is 27.8 Å². The first-order valence-corrected chi connectivity index (χ1v) is 10.6. The minimum Gasteiger partial charge on any atom is -0.492 e. The van der Waals surface area contributed by atoms with Crippen molar-refractivity contribution in [2.24, 2.45) is 5.92 Å². The van der Waals surface area contributed by atoms with Crippen molar-refractivity contribution < 1.29 is 18.7 Å². The fourth-order valence-electron chi connectivity index (χ4n) is 3.41. The number of amides is 2. The molecule has 0 unspecified atom stereocenters. The highest BCUT2D eigenvalue weighted by Gasteiger charge is 2.26. The molecule has 0 aromatic heterocycles. The molecule has 1 atom stereocenters. The summed E-state index contributed by atoms with van der Waals surface area (Å²) in [5, 5.41) is 5.65. The molecule has 0 saturated heterocycles. The van der Waals surface area contributed by atoms with Crippen molar-refractivity contribution in [2.75, 3.05) is 11.9 Å². The molecule has 0 saturated carbocycles. The highest BCUT2D eigenvalue weighted by Crippen LogP contribution is 2.30. The molecular weight excluding hydrogens is 463 g/mol. The van der Waals surface area contributed by atoms with Gasteiger partial charge in [0.15, 0.2) is 0 Å². The van der Waals surface area contributed by atoms with Crippen LogP contribution in [0.1, 0.15) is 21.5 Å². The lowest BCUT2D eigenvalue weighted by Crippen LogP contribution is -2.37. The molecule has 158 valence electrons. The number of hydrogen-bond acceptors (Lipinski definition) is 3. The molecule has 0 bridgehead atoms. The SMILES string of the molecule is O=C(Nc1ccc2c(c1)C[C@H](C(=O)NCc1ccccc1F)CO2)c1ccc(Br)cc1. The van der Waals surface area contributed by atoms with E-state index in [4.69, 9.17) is 4.74 Å². The van der Waals surface area contributed by atoms with Crippen LogP contribution in [0.25, 0.3) is 0 Å². The Balaban J connectivity index is 1.40. The molecule has 1 heterocycles. The van der Waals surface area contributed by atoms with E-state index in [-0.39, 0.29) is 30.8 Å². The second kappa shape index (κ2) is 9.31. The molecule has 1 aliphatic rings. The maximum atomic E-state index is 13.8. The summed E-state index contributed by atoms with van der Waals surface area (Å²) < 4.78 is 20.4. The first-order valence-electron chi connectivity index (χ1n) is 9.83. The Bertz CT molecular complexity index is 1120. The summed E-state index contributed by atoms with van der Waals surface area (Å²) in [5.41, 5.74) is 2.45. The number of carbonyl (C=O) groups excluding carboxylic acids is 2. The van der Waals surface area contributed by atoms with E-state index in [1.54, 1.807) is 54.6 Å². The molecule has 0 fully saturated rings. The standard InChI is InChI=1S/C24H20BrFN2O3/c25-19-7-5-15(6-8-19)24(30)28-20-9-10-22-17(12-20)11-18(14-31-22)23(29)27-13-16-3-1-2-4-21(16)26/h1-10,12,18H,11,13-14H2,(H,27,29)(H,28,30)/t18-/m0/s1. The molecule has 0 aliphatic carbocycles. The van der Waals surface area contributed by atoms with Crippen molar-refractivity contribution in [3.63, 3.8) is 0 Å². The Morgan fingerprint density at radius 3 is 2.61 bits per heavy atom. The smallest absolute Gasteiger partial charge is 0.255 e. The van der Waals surface area contributed by atoms with E-state index in [9.17, 15) is 14.0 Å². The van der Waals surface area contributed by atoms with E-state index >= 15 is 0 Å². The summed E-state index contributed by atoms with van der Waals surface area (Å²) in [6.45, 7) is 0.374. The molecular formula is C24H20BrFN2O3. The number of anilines is 1. The number of halogens is 2. The van der Waals surface area contributed by atoms with Crippen LogP contribution in [-0.4, -0.2) is 18.4 Å². The number of benzene rings is 3. The van der Waals surface area contributed by atoms with E-state index in [0.29, 0.717) is 29.0 Å². The summed E-state index contributed by atoms with van der Waals surface area (Å²) >= 11 is 3.35. The number of fused-ring (bicyclic) bond motifs is 1. The molecule has 7 heteroatoms. The van der Waals surface area contributed by atoms with Crippen LogP contribution >= 0.6 is 15.9 Å². The molecule has 31 heavy (non-hydrogen) atoms. The third-order valence-corrected chi connectivity index (χ3v) is 5.64. The largest absolute Gasteiger partial charge is 0.492 e. The lowest BCUT2D eigenvalue weighted by molar-refractivity contribution is -0.126. The van der Waals surface area contributed by atoms with Gasteiger partial charge < -0.3 is 15.4 Å². The maximum Gasteiger partial charge on any atom is 0.255 e. The molecule has 5 nitrogen and oxygen atoms in total. The second-order valence-corrected chi connectivity index (χ2v) is 8.22. The van der Waals surface area contributed by atoms with Crippen LogP contribution in [0.4, 0.5) is 10.1 Å². The number of hydrogen-bond donors (Lipinski definition) is 2. The zero-order chi connectivity index (χ0) is 21.8.